The Kier molecular flexibility index (Phi) is 41.9. The topological polar surface area (TPSA) is 74.3 Å². The zero-order valence-electron chi connectivity index (χ0n) is 37.5. The van der Waals surface area contributed by atoms with E-state index in [0.717, 1.165) is 82.7 Å². The minimum atomic E-state index is -0.613. The number of aliphatic hydroxyl groups excluding tert-OH is 1. The Bertz CT molecular complexity index is 801. The fourth-order valence-electron chi connectivity index (χ4n) is 7.33. The van der Waals surface area contributed by atoms with Gasteiger partial charge in [-0.1, -0.05) is 168 Å². The van der Waals surface area contributed by atoms with Crippen LogP contribution in [-0.4, -0.2) is 85.3 Å². The molecule has 0 radical (unpaired) electrons. The number of ether oxygens (including phenoxy) is 2. The molecular weight excluding hydrogens is 703 g/mol. The van der Waals surface area contributed by atoms with Crippen molar-refractivity contribution in [2.45, 2.75) is 245 Å². The number of rotatable bonds is 43. The summed E-state index contributed by atoms with van der Waals surface area (Å²) in [6, 6.07) is 0. The normalized spacial score (nSPS) is 12.1. The number of thiocarbonyl (C=S) groups is 1. The lowest BCUT2D eigenvalue weighted by atomic mass is 10.0. The summed E-state index contributed by atoms with van der Waals surface area (Å²) in [5.41, 5.74) is 0. The molecule has 2 N–H and O–H groups in total. The molecule has 1 atom stereocenters. The molecule has 0 aliphatic carbocycles. The molecule has 0 aromatic rings. The predicted octanol–water partition coefficient (Wildman–Crippen LogP) is 12.9. The van der Waals surface area contributed by atoms with Gasteiger partial charge in [0.1, 0.15) is 0 Å². The van der Waals surface area contributed by atoms with Gasteiger partial charge in [0.15, 0.2) is 11.4 Å². The number of aliphatic hydroxyl groups is 1. The number of nitrogens with one attached hydrogen (secondary N) is 1. The lowest BCUT2D eigenvalue weighted by Gasteiger charge is -2.23. The van der Waals surface area contributed by atoms with E-state index in [1.165, 1.54) is 154 Å². The van der Waals surface area contributed by atoms with E-state index < -0.39 is 6.29 Å². The molecule has 0 spiro atoms. The van der Waals surface area contributed by atoms with Crippen molar-refractivity contribution in [2.24, 2.45) is 0 Å². The number of carbonyl (C=O) groups excluding carboxylic acids is 1. The second kappa shape index (κ2) is 42.6. The second-order valence-electron chi connectivity index (χ2n) is 16.7. The molecule has 0 aliphatic heterocycles. The Labute approximate surface area is 348 Å². The van der Waals surface area contributed by atoms with Crippen LogP contribution in [0.3, 0.4) is 0 Å². The van der Waals surface area contributed by atoms with Crippen LogP contribution in [0, 0.1) is 0 Å². The molecule has 0 rings (SSSR count). The molecule has 0 amide bonds. The summed E-state index contributed by atoms with van der Waals surface area (Å²) < 4.78 is 11.7. The summed E-state index contributed by atoms with van der Waals surface area (Å²) in [6.07, 6.45) is 38.8. The second-order valence-corrected chi connectivity index (χ2v) is 17.1. The van der Waals surface area contributed by atoms with Crippen molar-refractivity contribution < 1.29 is 19.4 Å². The fourth-order valence-corrected chi connectivity index (χ4v) is 7.43. The van der Waals surface area contributed by atoms with Crippen molar-refractivity contribution in [3.05, 3.63) is 0 Å². The van der Waals surface area contributed by atoms with Gasteiger partial charge in [-0.15, -0.1) is 0 Å². The average Bonchev–Trinajstić information content (AvgIpc) is 3.17. The van der Waals surface area contributed by atoms with Crippen LogP contribution in [0.1, 0.15) is 233 Å². The zero-order valence-corrected chi connectivity index (χ0v) is 38.3. The fraction of sp³-hybridized carbons (Fsp3) is 0.957. The number of hydrogen-bond donors (Lipinski definition) is 2. The highest BCUT2D eigenvalue weighted by Gasteiger charge is 2.15. The van der Waals surface area contributed by atoms with Crippen LogP contribution in [0.15, 0.2) is 0 Å². The first kappa shape index (κ1) is 54.0. The van der Waals surface area contributed by atoms with Crippen molar-refractivity contribution in [3.63, 3.8) is 0 Å². The van der Waals surface area contributed by atoms with Crippen molar-refractivity contribution in [2.75, 3.05) is 46.9 Å². The predicted molar refractivity (Wildman–Crippen MR) is 242 cm³/mol. The maximum Gasteiger partial charge on any atom is 0.305 e. The van der Waals surface area contributed by atoms with E-state index in [1.807, 2.05) is 19.0 Å². The molecule has 1 unspecified atom stereocenters. The smallest absolute Gasteiger partial charge is 0.305 e. The van der Waals surface area contributed by atoms with E-state index in [4.69, 9.17) is 21.7 Å². The molecule has 55 heavy (non-hydrogen) atoms. The molecule has 0 heterocycles. The van der Waals surface area contributed by atoms with Gasteiger partial charge >= 0.3 is 5.97 Å². The average molecular weight is 798 g/mol. The Balaban J connectivity index is 4.36. The van der Waals surface area contributed by atoms with Crippen molar-refractivity contribution in [1.29, 1.82) is 0 Å². The molecular formula is C47H95N3O4S. The maximum absolute atomic E-state index is 12.1. The Morgan fingerprint density at radius 2 is 0.982 bits per heavy atom. The van der Waals surface area contributed by atoms with Gasteiger partial charge in [0, 0.05) is 27.1 Å². The molecule has 0 aromatic heterocycles. The van der Waals surface area contributed by atoms with Crippen LogP contribution in [-0.2, 0) is 14.3 Å². The highest BCUT2D eigenvalue weighted by Crippen LogP contribution is 2.20. The highest BCUT2D eigenvalue weighted by molar-refractivity contribution is 7.80. The van der Waals surface area contributed by atoms with Crippen molar-refractivity contribution in [3.8, 4) is 0 Å². The lowest BCUT2D eigenvalue weighted by Crippen LogP contribution is -2.36. The van der Waals surface area contributed by atoms with Gasteiger partial charge in [-0.2, -0.15) is 0 Å². The zero-order chi connectivity index (χ0) is 40.5. The summed E-state index contributed by atoms with van der Waals surface area (Å²) in [7, 11) is 3.97. The molecule has 328 valence electrons. The summed E-state index contributed by atoms with van der Waals surface area (Å²) in [4.78, 5) is 16.7. The van der Waals surface area contributed by atoms with Gasteiger partial charge in [-0.25, -0.2) is 0 Å². The van der Waals surface area contributed by atoms with Crippen LogP contribution in [0.25, 0.3) is 0 Å². The Morgan fingerprint density at radius 3 is 1.49 bits per heavy atom. The molecule has 0 saturated heterocycles. The highest BCUT2D eigenvalue weighted by atomic mass is 32.1. The summed E-state index contributed by atoms with van der Waals surface area (Å²) in [5, 5.41) is 15.0. The van der Waals surface area contributed by atoms with Crippen LogP contribution in [0.2, 0.25) is 0 Å². The summed E-state index contributed by atoms with van der Waals surface area (Å²) in [5.74, 6) is -0.0159. The number of carbonyl (C=O) groups is 1. The summed E-state index contributed by atoms with van der Waals surface area (Å²) >= 11 is 5.41. The molecule has 0 aromatic carbocycles. The van der Waals surface area contributed by atoms with Gasteiger partial charge in [0.2, 0.25) is 0 Å². The van der Waals surface area contributed by atoms with Crippen molar-refractivity contribution >= 4 is 23.3 Å². The molecule has 8 heteroatoms. The first-order valence-electron chi connectivity index (χ1n) is 24.0. The number of esters is 1. The standard InChI is InChI=1S/C47H95N3O4S/c1-6-9-12-15-20-27-35-44(36-28-21-16-13-10-7-2)54-46(52)38-30-23-19-25-32-41-50(42-34-39-48-47(55)49(4)5)40-31-24-18-22-29-37-45(51)53-43-33-26-17-14-11-8-3/h44,46,52H,6-43H2,1-5H3,(H,48,55). The third kappa shape index (κ3) is 39.6. The largest absolute Gasteiger partial charge is 0.466 e. The number of unbranched alkanes of at least 4 members (excludes halogenated alkanes) is 23. The minimum absolute atomic E-state index is 0.0159. The quantitative estimate of drug-likeness (QED) is 0.0273. The van der Waals surface area contributed by atoms with Crippen LogP contribution < -0.4 is 5.32 Å². The third-order valence-corrected chi connectivity index (χ3v) is 11.5. The molecule has 7 nitrogen and oxygen atoms in total. The summed E-state index contributed by atoms with van der Waals surface area (Å²) in [6.45, 7) is 11.7. The van der Waals surface area contributed by atoms with Crippen LogP contribution in [0.4, 0.5) is 0 Å². The first-order chi connectivity index (χ1) is 26.8. The minimum Gasteiger partial charge on any atom is -0.466 e. The SMILES string of the molecule is CCCCCCCCOC(=O)CCCCCCCN(CCCCCCCC(O)OC(CCCCCCCC)CCCCCCCC)CCCNC(=S)N(C)C. The first-order valence-corrected chi connectivity index (χ1v) is 24.4. The van der Waals surface area contributed by atoms with E-state index in [0.29, 0.717) is 13.0 Å². The molecule has 0 bridgehead atoms. The third-order valence-electron chi connectivity index (χ3n) is 11.0. The van der Waals surface area contributed by atoms with Crippen LogP contribution >= 0.6 is 12.2 Å². The maximum atomic E-state index is 12.1. The Hall–Kier alpha value is -0.960. The van der Waals surface area contributed by atoms with E-state index in [1.54, 1.807) is 0 Å². The van der Waals surface area contributed by atoms with Crippen LogP contribution in [0.5, 0.6) is 0 Å². The van der Waals surface area contributed by atoms with E-state index in [2.05, 4.69) is 31.0 Å². The van der Waals surface area contributed by atoms with Gasteiger partial charge in [-0.3, -0.25) is 4.79 Å². The van der Waals surface area contributed by atoms with Gasteiger partial charge in [0.05, 0.1) is 12.7 Å². The van der Waals surface area contributed by atoms with E-state index in [-0.39, 0.29) is 12.1 Å². The lowest BCUT2D eigenvalue weighted by molar-refractivity contribution is -0.144. The number of hydrogen-bond acceptors (Lipinski definition) is 6. The Morgan fingerprint density at radius 1 is 0.564 bits per heavy atom. The van der Waals surface area contributed by atoms with Gasteiger partial charge in [0.25, 0.3) is 0 Å². The van der Waals surface area contributed by atoms with Crippen molar-refractivity contribution in [1.82, 2.24) is 15.1 Å². The number of nitrogens with zero attached hydrogens (tertiary/aromatic N) is 2. The molecule has 0 saturated carbocycles. The van der Waals surface area contributed by atoms with E-state index >= 15 is 0 Å². The molecule has 0 aliphatic rings. The van der Waals surface area contributed by atoms with Gasteiger partial charge in [-0.05, 0) is 89.6 Å². The van der Waals surface area contributed by atoms with Gasteiger partial charge < -0.3 is 29.7 Å². The van der Waals surface area contributed by atoms with E-state index in [9.17, 15) is 9.90 Å². The molecule has 0 fully saturated rings. The monoisotopic (exact) mass is 798 g/mol.